The van der Waals surface area contributed by atoms with Gasteiger partial charge >= 0.3 is 0 Å². The molecule has 90 valence electrons. The van der Waals surface area contributed by atoms with Gasteiger partial charge in [-0.2, -0.15) is 0 Å². The van der Waals surface area contributed by atoms with Gasteiger partial charge in [0.15, 0.2) is 0 Å². The Morgan fingerprint density at radius 3 is 2.59 bits per heavy atom. The Hall–Kier alpha value is -1.56. The number of hydrogen-bond donors (Lipinski definition) is 1. The summed E-state index contributed by atoms with van der Waals surface area (Å²) in [6.07, 6.45) is 1.53. The van der Waals surface area contributed by atoms with Gasteiger partial charge in [0, 0.05) is 12.6 Å². The highest BCUT2D eigenvalue weighted by Crippen LogP contribution is 2.30. The molecule has 2 aromatic heterocycles. The van der Waals surface area contributed by atoms with Crippen molar-refractivity contribution in [3.63, 3.8) is 0 Å². The third-order valence-electron chi connectivity index (χ3n) is 2.47. The van der Waals surface area contributed by atoms with Crippen molar-refractivity contribution in [2.24, 2.45) is 0 Å². The SMILES string of the molecule is CNc1ncnc(Sc2nc(C)c(C)o2)c1C. The number of nitrogens with zero attached hydrogens (tertiary/aromatic N) is 3. The molecule has 0 saturated carbocycles. The van der Waals surface area contributed by atoms with Crippen LogP contribution in [0.4, 0.5) is 5.82 Å². The molecule has 0 radical (unpaired) electrons. The molecule has 0 bridgehead atoms. The van der Waals surface area contributed by atoms with Crippen molar-refractivity contribution in [2.75, 3.05) is 12.4 Å². The van der Waals surface area contributed by atoms with E-state index < -0.39 is 0 Å². The molecule has 0 saturated heterocycles. The zero-order chi connectivity index (χ0) is 12.4. The monoisotopic (exact) mass is 250 g/mol. The molecule has 0 aliphatic rings. The average molecular weight is 250 g/mol. The minimum absolute atomic E-state index is 0.615. The van der Waals surface area contributed by atoms with Crippen LogP contribution in [0.3, 0.4) is 0 Å². The van der Waals surface area contributed by atoms with Gasteiger partial charge in [-0.05, 0) is 32.5 Å². The molecule has 0 aliphatic carbocycles. The van der Waals surface area contributed by atoms with Crippen LogP contribution in [0.5, 0.6) is 0 Å². The number of nitrogens with one attached hydrogen (secondary N) is 1. The third-order valence-corrected chi connectivity index (χ3v) is 3.42. The fourth-order valence-electron chi connectivity index (χ4n) is 1.36. The van der Waals surface area contributed by atoms with E-state index in [1.165, 1.54) is 18.1 Å². The first-order chi connectivity index (χ1) is 8.11. The number of aromatic nitrogens is 3. The summed E-state index contributed by atoms with van der Waals surface area (Å²) in [5.74, 6) is 1.66. The molecule has 1 N–H and O–H groups in total. The van der Waals surface area contributed by atoms with Crippen LogP contribution in [0.15, 0.2) is 21.0 Å². The molecule has 0 aliphatic heterocycles. The fraction of sp³-hybridized carbons (Fsp3) is 0.364. The molecule has 0 aromatic carbocycles. The molecule has 0 spiro atoms. The molecule has 2 aromatic rings. The molecule has 0 amide bonds. The first-order valence-corrected chi connectivity index (χ1v) is 6.04. The molecular formula is C11H14N4OS. The topological polar surface area (TPSA) is 63.8 Å². The number of oxazole rings is 1. The van der Waals surface area contributed by atoms with Gasteiger partial charge in [-0.1, -0.05) is 0 Å². The maximum Gasteiger partial charge on any atom is 0.262 e. The summed E-state index contributed by atoms with van der Waals surface area (Å²) in [7, 11) is 1.84. The van der Waals surface area contributed by atoms with E-state index in [4.69, 9.17) is 4.42 Å². The molecule has 0 unspecified atom stereocenters. The van der Waals surface area contributed by atoms with Gasteiger partial charge in [0.2, 0.25) is 0 Å². The maximum absolute atomic E-state index is 5.52. The van der Waals surface area contributed by atoms with Crippen LogP contribution >= 0.6 is 11.8 Å². The predicted octanol–water partition coefficient (Wildman–Crippen LogP) is 2.58. The van der Waals surface area contributed by atoms with Crippen molar-refractivity contribution in [1.29, 1.82) is 0 Å². The van der Waals surface area contributed by atoms with Crippen LogP contribution in [0.1, 0.15) is 17.0 Å². The lowest BCUT2D eigenvalue weighted by Crippen LogP contribution is -1.98. The summed E-state index contributed by atoms with van der Waals surface area (Å²) < 4.78 is 5.52. The van der Waals surface area contributed by atoms with Gasteiger partial charge < -0.3 is 9.73 Å². The van der Waals surface area contributed by atoms with Crippen molar-refractivity contribution < 1.29 is 4.42 Å². The summed E-state index contributed by atoms with van der Waals surface area (Å²) in [6.45, 7) is 5.80. The van der Waals surface area contributed by atoms with E-state index in [1.54, 1.807) is 0 Å². The highest BCUT2D eigenvalue weighted by Gasteiger charge is 2.12. The highest BCUT2D eigenvalue weighted by molar-refractivity contribution is 7.99. The first-order valence-electron chi connectivity index (χ1n) is 5.23. The van der Waals surface area contributed by atoms with E-state index in [0.29, 0.717) is 5.22 Å². The Balaban J connectivity index is 2.30. The zero-order valence-corrected chi connectivity index (χ0v) is 11.1. The quantitative estimate of drug-likeness (QED) is 0.845. The van der Waals surface area contributed by atoms with Gasteiger partial charge in [-0.15, -0.1) is 0 Å². The lowest BCUT2D eigenvalue weighted by atomic mass is 10.3. The van der Waals surface area contributed by atoms with E-state index in [0.717, 1.165) is 27.9 Å². The van der Waals surface area contributed by atoms with E-state index >= 15 is 0 Å². The van der Waals surface area contributed by atoms with Crippen LogP contribution in [0.25, 0.3) is 0 Å². The molecule has 0 fully saturated rings. The average Bonchev–Trinajstić information content (AvgIpc) is 2.61. The van der Waals surface area contributed by atoms with Crippen LogP contribution < -0.4 is 5.32 Å². The van der Waals surface area contributed by atoms with Crippen LogP contribution in [-0.2, 0) is 0 Å². The zero-order valence-electron chi connectivity index (χ0n) is 10.2. The van der Waals surface area contributed by atoms with Crippen LogP contribution in [0.2, 0.25) is 0 Å². The summed E-state index contributed by atoms with van der Waals surface area (Å²) in [6, 6.07) is 0. The number of hydrogen-bond acceptors (Lipinski definition) is 6. The van der Waals surface area contributed by atoms with Gasteiger partial charge in [-0.3, -0.25) is 0 Å². The second-order valence-corrected chi connectivity index (χ2v) is 4.57. The molecular weight excluding hydrogens is 236 g/mol. The van der Waals surface area contributed by atoms with Gasteiger partial charge in [-0.25, -0.2) is 15.0 Å². The van der Waals surface area contributed by atoms with Crippen LogP contribution in [0, 0.1) is 20.8 Å². The highest BCUT2D eigenvalue weighted by atomic mass is 32.2. The standard InChI is InChI=1S/C11H14N4OS/c1-6-9(12-4)13-5-14-10(6)17-11-15-7(2)8(3)16-11/h5H,1-4H3,(H,12,13,14). The Morgan fingerprint density at radius 1 is 1.24 bits per heavy atom. The van der Waals surface area contributed by atoms with Crippen molar-refractivity contribution in [1.82, 2.24) is 15.0 Å². The van der Waals surface area contributed by atoms with Gasteiger partial charge in [0.25, 0.3) is 5.22 Å². The van der Waals surface area contributed by atoms with Crippen molar-refractivity contribution >= 4 is 17.6 Å². The van der Waals surface area contributed by atoms with Gasteiger partial charge in [0.05, 0.1) is 5.69 Å². The van der Waals surface area contributed by atoms with Gasteiger partial charge in [0.1, 0.15) is 22.9 Å². The van der Waals surface area contributed by atoms with E-state index in [2.05, 4.69) is 20.3 Å². The lowest BCUT2D eigenvalue weighted by molar-refractivity contribution is 0.431. The second kappa shape index (κ2) is 4.75. The molecule has 5 nitrogen and oxygen atoms in total. The second-order valence-electron chi connectivity index (χ2n) is 3.63. The van der Waals surface area contributed by atoms with Crippen molar-refractivity contribution in [3.05, 3.63) is 23.3 Å². The maximum atomic E-state index is 5.52. The molecule has 2 rings (SSSR count). The van der Waals surface area contributed by atoms with E-state index in [9.17, 15) is 0 Å². The Morgan fingerprint density at radius 2 is 2.00 bits per heavy atom. The summed E-state index contributed by atoms with van der Waals surface area (Å²) in [5, 5.41) is 4.49. The Bertz CT molecular complexity index is 519. The predicted molar refractivity (Wildman–Crippen MR) is 66.4 cm³/mol. The van der Waals surface area contributed by atoms with Crippen molar-refractivity contribution in [2.45, 2.75) is 31.0 Å². The summed E-state index contributed by atoms with van der Waals surface area (Å²) in [5.41, 5.74) is 1.90. The molecule has 17 heavy (non-hydrogen) atoms. The van der Waals surface area contributed by atoms with Crippen LogP contribution in [-0.4, -0.2) is 22.0 Å². The smallest absolute Gasteiger partial charge is 0.262 e. The third kappa shape index (κ3) is 2.41. The first kappa shape index (κ1) is 11.9. The van der Waals surface area contributed by atoms with Crippen molar-refractivity contribution in [3.8, 4) is 0 Å². The number of anilines is 1. The number of rotatable bonds is 3. The Kier molecular flexibility index (Phi) is 3.33. The lowest BCUT2D eigenvalue weighted by Gasteiger charge is -2.06. The summed E-state index contributed by atoms with van der Waals surface area (Å²) in [4.78, 5) is 12.7. The molecule has 2 heterocycles. The normalized spacial score (nSPS) is 10.6. The largest absolute Gasteiger partial charge is 0.436 e. The molecule has 6 heteroatoms. The Labute approximate surface area is 104 Å². The van der Waals surface area contributed by atoms with E-state index in [1.807, 2.05) is 27.8 Å². The van der Waals surface area contributed by atoms with E-state index in [-0.39, 0.29) is 0 Å². The minimum Gasteiger partial charge on any atom is -0.436 e. The summed E-state index contributed by atoms with van der Waals surface area (Å²) >= 11 is 1.41. The number of aryl methyl sites for hydroxylation is 2. The molecule has 0 atom stereocenters. The minimum atomic E-state index is 0.615. The fourth-order valence-corrected chi connectivity index (χ4v) is 2.22.